The fourth-order valence-corrected chi connectivity index (χ4v) is 4.62. The van der Waals surface area contributed by atoms with E-state index in [1.807, 2.05) is 4.90 Å². The summed E-state index contributed by atoms with van der Waals surface area (Å²) in [6.45, 7) is 4.65. The van der Waals surface area contributed by atoms with E-state index in [0.717, 1.165) is 71.2 Å². The van der Waals surface area contributed by atoms with Gasteiger partial charge in [-0.25, -0.2) is 4.98 Å². The molecule has 3 saturated heterocycles. The number of carbonyl (C=O) groups excluding carboxylic acids is 2. The zero-order valence-electron chi connectivity index (χ0n) is 15.2. The standard InChI is InChI=1S/C19H27N5O2/c25-18-2-1-9-24(18)16-5-10-22(11-6-16)15-3-12-23(13-4-15)19(26)17-14-20-7-8-21-17/h7-8,14-16H,1-6,9-13H2. The molecule has 1 aromatic heterocycles. The average molecular weight is 357 g/mol. The fourth-order valence-electron chi connectivity index (χ4n) is 4.62. The van der Waals surface area contributed by atoms with Crippen LogP contribution in [-0.2, 0) is 4.79 Å². The van der Waals surface area contributed by atoms with E-state index in [1.54, 1.807) is 18.6 Å². The normalized spacial score (nSPS) is 23.6. The van der Waals surface area contributed by atoms with Crippen molar-refractivity contribution in [2.24, 2.45) is 0 Å². The Balaban J connectivity index is 1.25. The van der Waals surface area contributed by atoms with Crippen molar-refractivity contribution in [2.45, 2.75) is 50.6 Å². The zero-order chi connectivity index (χ0) is 17.9. The minimum absolute atomic E-state index is 0.0113. The van der Waals surface area contributed by atoms with Crippen LogP contribution >= 0.6 is 0 Å². The summed E-state index contributed by atoms with van der Waals surface area (Å²) in [6, 6.07) is 0.996. The fraction of sp³-hybridized carbons (Fsp3) is 0.684. The molecule has 0 spiro atoms. The van der Waals surface area contributed by atoms with Gasteiger partial charge in [0.25, 0.3) is 5.91 Å². The Morgan fingerprint density at radius 1 is 0.962 bits per heavy atom. The lowest BCUT2D eigenvalue weighted by molar-refractivity contribution is -0.130. The lowest BCUT2D eigenvalue weighted by Gasteiger charge is -2.43. The number of rotatable bonds is 3. The number of carbonyl (C=O) groups is 2. The monoisotopic (exact) mass is 357 g/mol. The molecule has 3 aliphatic rings. The minimum Gasteiger partial charge on any atom is -0.340 e. The van der Waals surface area contributed by atoms with Crippen LogP contribution in [0.25, 0.3) is 0 Å². The number of amides is 2. The third kappa shape index (κ3) is 3.58. The second-order valence-electron chi connectivity index (χ2n) is 7.57. The lowest BCUT2D eigenvalue weighted by Crippen LogP contribution is -2.52. The summed E-state index contributed by atoms with van der Waals surface area (Å²) in [4.78, 5) is 39.1. The molecule has 26 heavy (non-hydrogen) atoms. The highest BCUT2D eigenvalue weighted by atomic mass is 16.2. The van der Waals surface area contributed by atoms with Crippen molar-refractivity contribution >= 4 is 11.8 Å². The summed E-state index contributed by atoms with van der Waals surface area (Å²) >= 11 is 0. The quantitative estimate of drug-likeness (QED) is 0.812. The Morgan fingerprint density at radius 2 is 1.69 bits per heavy atom. The number of nitrogens with zero attached hydrogens (tertiary/aromatic N) is 5. The first-order valence-corrected chi connectivity index (χ1v) is 9.81. The molecule has 0 unspecified atom stereocenters. The molecule has 0 radical (unpaired) electrons. The van der Waals surface area contributed by atoms with Gasteiger partial charge in [-0.15, -0.1) is 0 Å². The molecular weight excluding hydrogens is 330 g/mol. The molecule has 2 amide bonds. The molecule has 0 aliphatic carbocycles. The Labute approximate surface area is 154 Å². The van der Waals surface area contributed by atoms with Crippen LogP contribution < -0.4 is 0 Å². The first-order chi connectivity index (χ1) is 12.7. The van der Waals surface area contributed by atoms with Crippen LogP contribution in [0.15, 0.2) is 18.6 Å². The van der Waals surface area contributed by atoms with Gasteiger partial charge in [-0.1, -0.05) is 0 Å². The average Bonchev–Trinajstić information content (AvgIpc) is 3.14. The van der Waals surface area contributed by atoms with Gasteiger partial charge in [0.2, 0.25) is 5.91 Å². The predicted molar refractivity (Wildman–Crippen MR) is 96.5 cm³/mol. The Kier molecular flexibility index (Phi) is 5.15. The first-order valence-electron chi connectivity index (χ1n) is 9.81. The summed E-state index contributed by atoms with van der Waals surface area (Å²) < 4.78 is 0. The highest BCUT2D eigenvalue weighted by molar-refractivity contribution is 5.92. The van der Waals surface area contributed by atoms with Gasteiger partial charge < -0.3 is 14.7 Å². The molecule has 0 N–H and O–H groups in total. The molecule has 3 aliphatic heterocycles. The molecule has 4 rings (SSSR count). The van der Waals surface area contributed by atoms with Crippen LogP contribution in [0.2, 0.25) is 0 Å². The van der Waals surface area contributed by atoms with Crippen LogP contribution in [0, 0.1) is 0 Å². The summed E-state index contributed by atoms with van der Waals surface area (Å²) in [5.41, 5.74) is 0.432. The topological polar surface area (TPSA) is 69.6 Å². The van der Waals surface area contributed by atoms with Gasteiger partial charge in [0, 0.05) is 63.6 Å². The van der Waals surface area contributed by atoms with E-state index in [1.165, 1.54) is 0 Å². The van der Waals surface area contributed by atoms with Crippen LogP contribution in [-0.4, -0.2) is 81.3 Å². The van der Waals surface area contributed by atoms with Crippen molar-refractivity contribution in [1.82, 2.24) is 24.7 Å². The van der Waals surface area contributed by atoms with Crippen molar-refractivity contribution in [3.05, 3.63) is 24.3 Å². The van der Waals surface area contributed by atoms with Crippen molar-refractivity contribution in [3.63, 3.8) is 0 Å². The van der Waals surface area contributed by atoms with Gasteiger partial charge in [-0.3, -0.25) is 14.6 Å². The Hall–Kier alpha value is -2.02. The molecule has 1 aromatic rings. The molecular formula is C19H27N5O2. The molecule has 7 heteroatoms. The van der Waals surface area contributed by atoms with E-state index in [9.17, 15) is 9.59 Å². The van der Waals surface area contributed by atoms with Gasteiger partial charge in [-0.2, -0.15) is 0 Å². The van der Waals surface area contributed by atoms with Gasteiger partial charge in [-0.05, 0) is 32.1 Å². The van der Waals surface area contributed by atoms with E-state index in [-0.39, 0.29) is 5.91 Å². The molecule has 0 bridgehead atoms. The molecule has 0 atom stereocenters. The summed E-state index contributed by atoms with van der Waals surface area (Å²) in [7, 11) is 0. The summed E-state index contributed by atoms with van der Waals surface area (Å²) in [5, 5.41) is 0. The molecule has 0 aromatic carbocycles. The molecule has 140 valence electrons. The molecule has 7 nitrogen and oxygen atoms in total. The maximum atomic E-state index is 12.5. The van der Waals surface area contributed by atoms with E-state index >= 15 is 0 Å². The van der Waals surface area contributed by atoms with Crippen molar-refractivity contribution in [2.75, 3.05) is 32.7 Å². The number of hydrogen-bond donors (Lipinski definition) is 0. The Bertz CT molecular complexity index is 637. The smallest absolute Gasteiger partial charge is 0.274 e. The maximum absolute atomic E-state index is 12.5. The first kappa shape index (κ1) is 17.4. The summed E-state index contributed by atoms with van der Waals surface area (Å²) in [5.74, 6) is 0.335. The third-order valence-corrected chi connectivity index (χ3v) is 6.10. The highest BCUT2D eigenvalue weighted by Crippen LogP contribution is 2.26. The number of likely N-dealkylation sites (tertiary alicyclic amines) is 3. The van der Waals surface area contributed by atoms with Crippen LogP contribution in [0.4, 0.5) is 0 Å². The van der Waals surface area contributed by atoms with Gasteiger partial charge in [0.15, 0.2) is 0 Å². The molecule has 0 saturated carbocycles. The predicted octanol–water partition coefficient (Wildman–Crippen LogP) is 1.17. The largest absolute Gasteiger partial charge is 0.340 e. The highest BCUT2D eigenvalue weighted by Gasteiger charge is 2.34. The van der Waals surface area contributed by atoms with E-state index in [0.29, 0.717) is 23.7 Å². The van der Waals surface area contributed by atoms with Crippen molar-refractivity contribution in [3.8, 4) is 0 Å². The zero-order valence-corrected chi connectivity index (χ0v) is 15.2. The molecule has 3 fully saturated rings. The number of aromatic nitrogens is 2. The second kappa shape index (κ2) is 7.70. The molecule has 4 heterocycles. The van der Waals surface area contributed by atoms with Gasteiger partial charge >= 0.3 is 0 Å². The third-order valence-electron chi connectivity index (χ3n) is 6.10. The van der Waals surface area contributed by atoms with E-state index < -0.39 is 0 Å². The minimum atomic E-state index is -0.0113. The number of hydrogen-bond acceptors (Lipinski definition) is 5. The van der Waals surface area contributed by atoms with Crippen molar-refractivity contribution in [1.29, 1.82) is 0 Å². The lowest BCUT2D eigenvalue weighted by atomic mass is 9.97. The van der Waals surface area contributed by atoms with E-state index in [2.05, 4.69) is 19.8 Å². The SMILES string of the molecule is O=C(c1cnccn1)N1CCC(N2CCC(N3CCCC3=O)CC2)CC1. The van der Waals surface area contributed by atoms with Crippen molar-refractivity contribution < 1.29 is 9.59 Å². The van der Waals surface area contributed by atoms with Crippen LogP contribution in [0.5, 0.6) is 0 Å². The summed E-state index contributed by atoms with van der Waals surface area (Å²) in [6.07, 6.45) is 10.7. The van der Waals surface area contributed by atoms with Gasteiger partial charge in [0.05, 0.1) is 6.20 Å². The Morgan fingerprint density at radius 3 is 2.31 bits per heavy atom. The second-order valence-corrected chi connectivity index (χ2v) is 7.57. The van der Waals surface area contributed by atoms with Gasteiger partial charge in [0.1, 0.15) is 5.69 Å². The number of piperidine rings is 2. The van der Waals surface area contributed by atoms with E-state index in [4.69, 9.17) is 0 Å². The van der Waals surface area contributed by atoms with Crippen LogP contribution in [0.1, 0.15) is 49.0 Å². The maximum Gasteiger partial charge on any atom is 0.274 e. The van der Waals surface area contributed by atoms with Crippen LogP contribution in [0.3, 0.4) is 0 Å².